The molecule has 0 saturated heterocycles. The molecule has 198 valence electrons. The maximum atomic E-state index is 13.0. The van der Waals surface area contributed by atoms with Gasteiger partial charge in [-0.1, -0.05) is 35.9 Å². The van der Waals surface area contributed by atoms with E-state index in [1.54, 1.807) is 12.1 Å². The Kier molecular flexibility index (Phi) is 9.89. The highest BCUT2D eigenvalue weighted by molar-refractivity contribution is 6.33. The number of nitrogens with two attached hydrogens (primary N) is 2. The van der Waals surface area contributed by atoms with Crippen LogP contribution in [0, 0.1) is 5.41 Å². The zero-order valence-electron chi connectivity index (χ0n) is 19.0. The van der Waals surface area contributed by atoms with Gasteiger partial charge in [-0.25, -0.2) is 9.79 Å². The Morgan fingerprint density at radius 1 is 0.973 bits per heavy atom. The molecule has 0 aliphatic carbocycles. The highest BCUT2D eigenvalue weighted by atomic mass is 35.5. The van der Waals surface area contributed by atoms with Gasteiger partial charge in [0.1, 0.15) is 11.4 Å². The smallest absolute Gasteiger partial charge is 0.431 e. The molecule has 13 heteroatoms. The SMILES string of the molecule is N=CC(CCCOC(=O)c1ccc(C(C=C(N)C(F)(F)F)=Nc2ccccc2Cl)cc1)=C(N)C(F)(F)F. The molecule has 0 aliphatic rings. The molecular formula is C24H21ClF6N4O2. The monoisotopic (exact) mass is 546 g/mol. The first-order chi connectivity index (χ1) is 17.2. The zero-order valence-corrected chi connectivity index (χ0v) is 19.7. The second kappa shape index (κ2) is 12.4. The van der Waals surface area contributed by atoms with Gasteiger partial charge in [0.15, 0.2) is 0 Å². The van der Waals surface area contributed by atoms with Crippen molar-refractivity contribution in [2.75, 3.05) is 6.61 Å². The third kappa shape index (κ3) is 8.67. The van der Waals surface area contributed by atoms with Gasteiger partial charge in [-0.3, -0.25) is 0 Å². The van der Waals surface area contributed by atoms with Crippen LogP contribution in [0.15, 0.2) is 76.6 Å². The quantitative estimate of drug-likeness (QED) is 0.150. The molecule has 0 aromatic heterocycles. The summed E-state index contributed by atoms with van der Waals surface area (Å²) in [5.74, 6) is -0.814. The van der Waals surface area contributed by atoms with Crippen molar-refractivity contribution in [1.29, 1.82) is 5.41 Å². The number of carbonyl (C=O) groups excluding carboxylic acids is 1. The fourth-order valence-electron chi connectivity index (χ4n) is 2.84. The predicted octanol–water partition coefficient (Wildman–Crippen LogP) is 6.23. The van der Waals surface area contributed by atoms with Crippen LogP contribution >= 0.6 is 11.6 Å². The molecule has 5 N–H and O–H groups in total. The van der Waals surface area contributed by atoms with Gasteiger partial charge in [-0.15, -0.1) is 0 Å². The third-order valence-electron chi connectivity index (χ3n) is 4.78. The van der Waals surface area contributed by atoms with E-state index in [4.69, 9.17) is 33.2 Å². The Balaban J connectivity index is 2.18. The number of allylic oxidation sites excluding steroid dienone is 4. The van der Waals surface area contributed by atoms with Crippen LogP contribution in [-0.4, -0.2) is 36.9 Å². The van der Waals surface area contributed by atoms with E-state index in [9.17, 15) is 31.1 Å². The van der Waals surface area contributed by atoms with Gasteiger partial charge in [-0.05, 0) is 48.8 Å². The molecule has 0 saturated carbocycles. The molecular weight excluding hydrogens is 526 g/mol. The molecule has 0 fully saturated rings. The van der Waals surface area contributed by atoms with E-state index in [-0.39, 0.29) is 47.0 Å². The van der Waals surface area contributed by atoms with E-state index in [1.807, 2.05) is 0 Å². The zero-order chi connectivity index (χ0) is 27.8. The van der Waals surface area contributed by atoms with E-state index in [2.05, 4.69) is 4.99 Å². The number of hydrogen-bond acceptors (Lipinski definition) is 6. The number of rotatable bonds is 9. The number of para-hydroxylation sites is 1. The summed E-state index contributed by atoms with van der Waals surface area (Å²) in [4.78, 5) is 16.4. The predicted molar refractivity (Wildman–Crippen MR) is 128 cm³/mol. The summed E-state index contributed by atoms with van der Waals surface area (Å²) in [6.45, 7) is -0.257. The lowest BCUT2D eigenvalue weighted by atomic mass is 10.1. The summed E-state index contributed by atoms with van der Waals surface area (Å²) in [5, 5.41) is 7.27. The number of halogens is 7. The van der Waals surface area contributed by atoms with E-state index in [1.165, 1.54) is 36.4 Å². The summed E-state index contributed by atoms with van der Waals surface area (Å²) in [7, 11) is 0. The van der Waals surface area contributed by atoms with Gasteiger partial charge < -0.3 is 21.6 Å². The molecule has 0 bridgehead atoms. The molecule has 0 atom stereocenters. The van der Waals surface area contributed by atoms with Gasteiger partial charge in [0, 0.05) is 11.8 Å². The second-order valence-electron chi connectivity index (χ2n) is 7.44. The van der Waals surface area contributed by atoms with Gasteiger partial charge in [-0.2, -0.15) is 26.3 Å². The largest absolute Gasteiger partial charge is 0.462 e. The van der Waals surface area contributed by atoms with Gasteiger partial charge in [0.25, 0.3) is 0 Å². The number of esters is 1. The van der Waals surface area contributed by atoms with Crippen molar-refractivity contribution in [2.24, 2.45) is 16.5 Å². The van der Waals surface area contributed by atoms with Gasteiger partial charge in [0.05, 0.1) is 28.6 Å². The Morgan fingerprint density at radius 2 is 1.57 bits per heavy atom. The molecule has 0 radical (unpaired) electrons. The molecule has 0 heterocycles. The summed E-state index contributed by atoms with van der Waals surface area (Å²) in [5.41, 5.74) is 7.17. The average molecular weight is 547 g/mol. The summed E-state index contributed by atoms with van der Waals surface area (Å²) >= 11 is 6.06. The topological polar surface area (TPSA) is 115 Å². The molecule has 0 aliphatic heterocycles. The number of ether oxygens (including phenoxy) is 1. The Bertz CT molecular complexity index is 1220. The molecule has 0 unspecified atom stereocenters. The summed E-state index contributed by atoms with van der Waals surface area (Å²) < 4.78 is 82.0. The lowest BCUT2D eigenvalue weighted by molar-refractivity contribution is -0.0938. The van der Waals surface area contributed by atoms with Crippen LogP contribution < -0.4 is 11.5 Å². The van der Waals surface area contributed by atoms with Crippen molar-refractivity contribution in [3.63, 3.8) is 0 Å². The molecule has 2 aromatic carbocycles. The Hall–Kier alpha value is -3.80. The maximum Gasteiger partial charge on any atom is 0.431 e. The third-order valence-corrected chi connectivity index (χ3v) is 5.10. The summed E-state index contributed by atoms with van der Waals surface area (Å²) in [6, 6.07) is 11.4. The van der Waals surface area contributed by atoms with Crippen molar-refractivity contribution >= 4 is 35.2 Å². The highest BCUT2D eigenvalue weighted by Crippen LogP contribution is 2.27. The van der Waals surface area contributed by atoms with E-state index in [0.29, 0.717) is 12.3 Å². The molecule has 37 heavy (non-hydrogen) atoms. The minimum absolute atomic E-state index is 0.0263. The number of nitrogens with zero attached hydrogens (tertiary/aromatic N) is 1. The van der Waals surface area contributed by atoms with Gasteiger partial charge >= 0.3 is 18.3 Å². The van der Waals surface area contributed by atoms with Crippen LogP contribution in [-0.2, 0) is 4.74 Å². The number of benzene rings is 2. The van der Waals surface area contributed by atoms with Crippen molar-refractivity contribution in [3.8, 4) is 0 Å². The van der Waals surface area contributed by atoms with E-state index >= 15 is 0 Å². The molecule has 0 amide bonds. The number of carbonyl (C=O) groups is 1. The van der Waals surface area contributed by atoms with Crippen LogP contribution in [0.4, 0.5) is 32.0 Å². The van der Waals surface area contributed by atoms with Crippen molar-refractivity contribution < 1.29 is 35.9 Å². The first-order valence-electron chi connectivity index (χ1n) is 10.5. The van der Waals surface area contributed by atoms with Crippen LogP contribution in [0.3, 0.4) is 0 Å². The first kappa shape index (κ1) is 29.4. The first-order valence-corrected chi connectivity index (χ1v) is 10.8. The number of alkyl halides is 6. The Morgan fingerprint density at radius 3 is 2.11 bits per heavy atom. The molecule has 2 rings (SSSR count). The lowest BCUT2D eigenvalue weighted by Gasteiger charge is -2.11. The summed E-state index contributed by atoms with van der Waals surface area (Å²) in [6.07, 6.45) is -8.72. The van der Waals surface area contributed by atoms with Crippen LogP contribution in [0.5, 0.6) is 0 Å². The molecule has 6 nitrogen and oxygen atoms in total. The minimum atomic E-state index is -4.80. The maximum absolute atomic E-state index is 13.0. The number of aliphatic imine (C=N–C) groups is 1. The van der Waals surface area contributed by atoms with Crippen molar-refractivity contribution in [1.82, 2.24) is 0 Å². The fourth-order valence-corrected chi connectivity index (χ4v) is 3.01. The van der Waals surface area contributed by atoms with E-state index in [0.717, 1.165) is 0 Å². The van der Waals surface area contributed by atoms with Crippen LogP contribution in [0.2, 0.25) is 5.02 Å². The normalized spacial score (nSPS) is 13.7. The second-order valence-corrected chi connectivity index (χ2v) is 7.85. The molecule has 0 spiro atoms. The lowest BCUT2D eigenvalue weighted by Crippen LogP contribution is -2.22. The highest BCUT2D eigenvalue weighted by Gasteiger charge is 2.33. The van der Waals surface area contributed by atoms with Crippen molar-refractivity contribution in [2.45, 2.75) is 25.2 Å². The van der Waals surface area contributed by atoms with Crippen LogP contribution in [0.1, 0.15) is 28.8 Å². The van der Waals surface area contributed by atoms with Crippen molar-refractivity contribution in [3.05, 3.63) is 87.7 Å². The van der Waals surface area contributed by atoms with E-state index < -0.39 is 35.3 Å². The van der Waals surface area contributed by atoms with Crippen LogP contribution in [0.25, 0.3) is 0 Å². The minimum Gasteiger partial charge on any atom is -0.462 e. The standard InChI is InChI=1S/C24H21ClF6N4O2/c25-17-5-1-2-6-18(17)35-19(12-20(33)23(26,27)28)14-7-9-15(10-8-14)22(36)37-11-3-4-16(13-32)21(34)24(29,30)31/h1-2,5-10,12-13,32H,3-4,11,33-34H2. The fraction of sp³-hybridized carbons (Fsp3) is 0.208. The van der Waals surface area contributed by atoms with Gasteiger partial charge in [0.2, 0.25) is 0 Å². The Labute approximate surface area is 212 Å². The average Bonchev–Trinajstić information content (AvgIpc) is 2.83. The number of hydrogen-bond donors (Lipinski definition) is 3. The number of nitrogens with one attached hydrogen (secondary N) is 1. The molecule has 2 aromatic rings.